The van der Waals surface area contributed by atoms with Crippen LogP contribution in [0.1, 0.15) is 16.1 Å². The lowest BCUT2D eigenvalue weighted by molar-refractivity contribution is 0.102. The van der Waals surface area contributed by atoms with Crippen molar-refractivity contribution in [2.24, 2.45) is 0 Å². The highest BCUT2D eigenvalue weighted by atomic mass is 79.9. The minimum absolute atomic E-state index is 0.184. The van der Waals surface area contributed by atoms with Crippen LogP contribution in [0, 0.1) is 0 Å². The Balaban J connectivity index is 2.19. The Morgan fingerprint density at radius 3 is 2.83 bits per heavy atom. The molecule has 5 heteroatoms. The van der Waals surface area contributed by atoms with E-state index in [2.05, 4.69) is 26.2 Å². The molecule has 0 aliphatic carbocycles. The van der Waals surface area contributed by atoms with Gasteiger partial charge in [-0.3, -0.25) is 9.78 Å². The second kappa shape index (κ2) is 5.75. The summed E-state index contributed by atoms with van der Waals surface area (Å²) in [5.41, 5.74) is 1.63. The highest BCUT2D eigenvalue weighted by Crippen LogP contribution is 2.21. The zero-order chi connectivity index (χ0) is 13.0. The predicted molar refractivity (Wildman–Crippen MR) is 72.3 cm³/mol. The Morgan fingerprint density at radius 1 is 1.33 bits per heavy atom. The number of benzene rings is 1. The van der Waals surface area contributed by atoms with Gasteiger partial charge in [0.05, 0.1) is 18.0 Å². The second-order valence-corrected chi connectivity index (χ2v) is 4.48. The van der Waals surface area contributed by atoms with Crippen LogP contribution in [0.25, 0.3) is 0 Å². The van der Waals surface area contributed by atoms with Crippen molar-refractivity contribution in [3.63, 3.8) is 0 Å². The Hall–Kier alpha value is -1.72. The fourth-order valence-corrected chi connectivity index (χ4v) is 1.85. The van der Waals surface area contributed by atoms with E-state index in [4.69, 9.17) is 5.11 Å². The Morgan fingerprint density at radius 2 is 2.11 bits per heavy atom. The van der Waals surface area contributed by atoms with E-state index in [0.29, 0.717) is 16.9 Å². The van der Waals surface area contributed by atoms with E-state index in [9.17, 15) is 4.79 Å². The van der Waals surface area contributed by atoms with E-state index in [-0.39, 0.29) is 12.5 Å². The summed E-state index contributed by atoms with van der Waals surface area (Å²) in [6.45, 7) is -0.184. The molecule has 1 amide bonds. The Kier molecular flexibility index (Phi) is 4.07. The van der Waals surface area contributed by atoms with Gasteiger partial charge in [-0.1, -0.05) is 12.1 Å². The van der Waals surface area contributed by atoms with Crippen LogP contribution < -0.4 is 5.32 Å². The molecule has 0 saturated heterocycles. The molecule has 1 aromatic heterocycles. The molecule has 92 valence electrons. The van der Waals surface area contributed by atoms with Gasteiger partial charge in [-0.2, -0.15) is 0 Å². The summed E-state index contributed by atoms with van der Waals surface area (Å²) < 4.78 is 0.815. The first kappa shape index (κ1) is 12.7. The molecule has 0 spiro atoms. The molecule has 1 heterocycles. The van der Waals surface area contributed by atoms with Crippen molar-refractivity contribution < 1.29 is 9.90 Å². The maximum Gasteiger partial charge on any atom is 0.255 e. The molecular weight excluding hydrogens is 296 g/mol. The van der Waals surface area contributed by atoms with Crippen molar-refractivity contribution in [2.75, 3.05) is 5.32 Å². The second-order valence-electron chi connectivity index (χ2n) is 3.63. The molecule has 0 atom stereocenters. The van der Waals surface area contributed by atoms with E-state index in [0.717, 1.165) is 4.47 Å². The van der Waals surface area contributed by atoms with Crippen LogP contribution in [0.2, 0.25) is 0 Å². The zero-order valence-corrected chi connectivity index (χ0v) is 11.0. The number of carbonyl (C=O) groups is 1. The van der Waals surface area contributed by atoms with Crippen molar-refractivity contribution in [2.45, 2.75) is 6.61 Å². The standard InChI is InChI=1S/C13H11BrN2O2/c14-11-3-1-2-4-12(11)16-13(18)9-5-6-15-10(7-9)8-17/h1-7,17H,8H2,(H,16,18). The lowest BCUT2D eigenvalue weighted by Gasteiger charge is -2.07. The number of nitrogens with one attached hydrogen (secondary N) is 1. The van der Waals surface area contributed by atoms with E-state index in [1.165, 1.54) is 6.20 Å². The molecule has 0 fully saturated rings. The highest BCUT2D eigenvalue weighted by molar-refractivity contribution is 9.10. The molecule has 18 heavy (non-hydrogen) atoms. The van der Waals surface area contributed by atoms with E-state index >= 15 is 0 Å². The van der Waals surface area contributed by atoms with Crippen molar-refractivity contribution in [3.8, 4) is 0 Å². The van der Waals surface area contributed by atoms with E-state index in [1.54, 1.807) is 18.2 Å². The maximum absolute atomic E-state index is 12.0. The van der Waals surface area contributed by atoms with E-state index in [1.807, 2.05) is 18.2 Å². The van der Waals surface area contributed by atoms with Gasteiger partial charge in [0.15, 0.2) is 0 Å². The molecule has 0 aliphatic heterocycles. The molecule has 0 unspecified atom stereocenters. The zero-order valence-electron chi connectivity index (χ0n) is 9.43. The number of hydrogen-bond acceptors (Lipinski definition) is 3. The van der Waals surface area contributed by atoms with E-state index < -0.39 is 0 Å². The molecule has 2 N–H and O–H groups in total. The molecule has 4 nitrogen and oxygen atoms in total. The van der Waals surface area contributed by atoms with Crippen LogP contribution >= 0.6 is 15.9 Å². The highest BCUT2D eigenvalue weighted by Gasteiger charge is 2.08. The summed E-state index contributed by atoms with van der Waals surface area (Å²) in [6, 6.07) is 10.5. The average Bonchev–Trinajstić information content (AvgIpc) is 2.41. The van der Waals surface area contributed by atoms with Gasteiger partial charge in [0, 0.05) is 16.2 Å². The largest absolute Gasteiger partial charge is 0.390 e. The summed E-state index contributed by atoms with van der Waals surface area (Å²) >= 11 is 3.36. The third-order valence-corrected chi connectivity index (χ3v) is 3.05. The first-order valence-corrected chi connectivity index (χ1v) is 6.11. The molecule has 2 rings (SSSR count). The molecule has 0 bridgehead atoms. The van der Waals surface area contributed by atoms with Crippen molar-refractivity contribution in [1.29, 1.82) is 0 Å². The van der Waals surface area contributed by atoms with Crippen molar-refractivity contribution in [3.05, 3.63) is 58.3 Å². The molecule has 0 saturated carbocycles. The van der Waals surface area contributed by atoms with Gasteiger partial charge >= 0.3 is 0 Å². The molecule has 2 aromatic rings. The average molecular weight is 307 g/mol. The number of rotatable bonds is 3. The number of pyridine rings is 1. The van der Waals surface area contributed by atoms with Crippen LogP contribution in [0.15, 0.2) is 47.1 Å². The van der Waals surface area contributed by atoms with Crippen LogP contribution in [0.4, 0.5) is 5.69 Å². The number of amides is 1. The lowest BCUT2D eigenvalue weighted by Crippen LogP contribution is -2.12. The minimum Gasteiger partial charge on any atom is -0.390 e. The molecule has 1 aromatic carbocycles. The van der Waals surface area contributed by atoms with Gasteiger partial charge in [0.2, 0.25) is 0 Å². The lowest BCUT2D eigenvalue weighted by atomic mass is 10.2. The minimum atomic E-state index is -0.237. The molecule has 0 radical (unpaired) electrons. The van der Waals surface area contributed by atoms with Crippen molar-refractivity contribution in [1.82, 2.24) is 4.98 Å². The fraction of sp³-hybridized carbons (Fsp3) is 0.0769. The SMILES string of the molecule is O=C(Nc1ccccc1Br)c1ccnc(CO)c1. The quantitative estimate of drug-likeness (QED) is 0.916. The predicted octanol–water partition coefficient (Wildman–Crippen LogP) is 2.59. The number of aliphatic hydroxyl groups excluding tert-OH is 1. The number of carbonyl (C=O) groups excluding carboxylic acids is 1. The topological polar surface area (TPSA) is 62.2 Å². The number of aliphatic hydroxyl groups is 1. The van der Waals surface area contributed by atoms with Gasteiger partial charge < -0.3 is 10.4 Å². The van der Waals surface area contributed by atoms with Crippen molar-refractivity contribution >= 4 is 27.5 Å². The van der Waals surface area contributed by atoms with Crippen LogP contribution in [0.5, 0.6) is 0 Å². The summed E-state index contributed by atoms with van der Waals surface area (Å²) in [4.78, 5) is 15.9. The van der Waals surface area contributed by atoms with Crippen LogP contribution in [-0.2, 0) is 6.61 Å². The number of halogens is 1. The molecular formula is C13H11BrN2O2. The summed E-state index contributed by atoms with van der Waals surface area (Å²) in [5.74, 6) is -0.237. The van der Waals surface area contributed by atoms with Gasteiger partial charge in [0.25, 0.3) is 5.91 Å². The monoisotopic (exact) mass is 306 g/mol. The number of nitrogens with zero attached hydrogens (tertiary/aromatic N) is 1. The van der Waals surface area contributed by atoms with Gasteiger partial charge in [0.1, 0.15) is 0 Å². The third-order valence-electron chi connectivity index (χ3n) is 2.36. The van der Waals surface area contributed by atoms with Gasteiger partial charge in [-0.15, -0.1) is 0 Å². The third kappa shape index (κ3) is 2.94. The first-order chi connectivity index (χ1) is 8.70. The molecule has 0 aliphatic rings. The number of anilines is 1. The number of para-hydroxylation sites is 1. The first-order valence-electron chi connectivity index (χ1n) is 5.32. The fourth-order valence-electron chi connectivity index (χ4n) is 1.46. The summed E-state index contributed by atoms with van der Waals surface area (Å²) in [7, 11) is 0. The van der Waals surface area contributed by atoms with Crippen LogP contribution in [-0.4, -0.2) is 16.0 Å². The Bertz CT molecular complexity index is 572. The van der Waals surface area contributed by atoms with Crippen LogP contribution in [0.3, 0.4) is 0 Å². The van der Waals surface area contributed by atoms with Gasteiger partial charge in [-0.25, -0.2) is 0 Å². The maximum atomic E-state index is 12.0. The summed E-state index contributed by atoms with van der Waals surface area (Å²) in [6.07, 6.45) is 1.50. The Labute approximate surface area is 113 Å². The number of aromatic nitrogens is 1. The number of hydrogen-bond donors (Lipinski definition) is 2. The normalized spacial score (nSPS) is 10.1. The smallest absolute Gasteiger partial charge is 0.255 e. The summed E-state index contributed by atoms with van der Waals surface area (Å²) in [5, 5.41) is 11.8. The van der Waals surface area contributed by atoms with Gasteiger partial charge in [-0.05, 0) is 40.2 Å².